The normalized spacial score (nSPS) is 22.4. The molecule has 0 radical (unpaired) electrons. The highest BCUT2D eigenvalue weighted by atomic mass is 32.2. The predicted octanol–water partition coefficient (Wildman–Crippen LogP) is 0.779. The van der Waals surface area contributed by atoms with E-state index < -0.39 is 28.9 Å². The summed E-state index contributed by atoms with van der Waals surface area (Å²) in [6.07, 6.45) is -0.0541. The van der Waals surface area contributed by atoms with Gasteiger partial charge in [0.15, 0.2) is 23.2 Å². The lowest BCUT2D eigenvalue weighted by Gasteiger charge is -2.23. The van der Waals surface area contributed by atoms with Crippen LogP contribution < -0.4 is 5.32 Å². The Labute approximate surface area is 166 Å². The SMILES string of the molecule is CN([C@H]1O[C@@H](n2cnc3c(NCc4ccccc4)ncnc32)C[C@@H]1O)S(=O)(=O)O. The monoisotopic (exact) mass is 420 g/mol. The van der Waals surface area contributed by atoms with Crippen molar-refractivity contribution in [2.24, 2.45) is 0 Å². The van der Waals surface area contributed by atoms with Crippen molar-refractivity contribution in [3.63, 3.8) is 0 Å². The van der Waals surface area contributed by atoms with E-state index in [-0.39, 0.29) is 6.42 Å². The van der Waals surface area contributed by atoms with Gasteiger partial charge in [0, 0.05) is 20.0 Å². The zero-order chi connectivity index (χ0) is 20.6. The van der Waals surface area contributed by atoms with Gasteiger partial charge >= 0.3 is 10.3 Å². The highest BCUT2D eigenvalue weighted by Gasteiger charge is 2.41. The molecule has 0 amide bonds. The summed E-state index contributed by atoms with van der Waals surface area (Å²) < 4.78 is 39.7. The number of rotatable bonds is 6. The first kappa shape index (κ1) is 19.7. The fourth-order valence-electron chi connectivity index (χ4n) is 3.24. The van der Waals surface area contributed by atoms with Gasteiger partial charge in [-0.3, -0.25) is 9.12 Å². The van der Waals surface area contributed by atoms with E-state index in [4.69, 9.17) is 4.74 Å². The van der Waals surface area contributed by atoms with Gasteiger partial charge in [0.25, 0.3) is 0 Å². The molecule has 1 fully saturated rings. The van der Waals surface area contributed by atoms with Crippen LogP contribution in [0.15, 0.2) is 43.0 Å². The summed E-state index contributed by atoms with van der Waals surface area (Å²) in [5.41, 5.74) is 2.08. The number of ether oxygens (including phenoxy) is 1. The summed E-state index contributed by atoms with van der Waals surface area (Å²) in [6, 6.07) is 9.82. The summed E-state index contributed by atoms with van der Waals surface area (Å²) in [4.78, 5) is 12.8. The molecule has 0 aliphatic carbocycles. The molecule has 154 valence electrons. The van der Waals surface area contributed by atoms with Crippen LogP contribution in [0.3, 0.4) is 0 Å². The summed E-state index contributed by atoms with van der Waals surface area (Å²) in [7, 11) is -3.38. The van der Waals surface area contributed by atoms with Gasteiger partial charge < -0.3 is 15.2 Å². The number of nitrogens with one attached hydrogen (secondary N) is 1. The Balaban J connectivity index is 1.57. The van der Waals surface area contributed by atoms with Crippen LogP contribution in [0.5, 0.6) is 0 Å². The minimum absolute atomic E-state index is 0.104. The number of fused-ring (bicyclic) bond motifs is 1. The number of imidazole rings is 1. The Hall–Kier alpha value is -2.64. The predicted molar refractivity (Wildman–Crippen MR) is 103 cm³/mol. The van der Waals surface area contributed by atoms with Crippen LogP contribution in [0.25, 0.3) is 11.2 Å². The third kappa shape index (κ3) is 3.93. The minimum Gasteiger partial charge on any atom is -0.389 e. The Kier molecular flexibility index (Phi) is 5.19. The second-order valence-corrected chi connectivity index (χ2v) is 8.14. The molecule has 0 bridgehead atoms. The lowest BCUT2D eigenvalue weighted by atomic mass is 10.2. The fourth-order valence-corrected chi connectivity index (χ4v) is 3.70. The third-order valence-electron chi connectivity index (χ3n) is 4.76. The van der Waals surface area contributed by atoms with Gasteiger partial charge in [-0.05, 0) is 5.56 Å². The molecule has 1 aliphatic rings. The molecule has 1 saturated heterocycles. The van der Waals surface area contributed by atoms with Crippen LogP contribution >= 0.6 is 0 Å². The van der Waals surface area contributed by atoms with E-state index in [1.165, 1.54) is 12.7 Å². The highest BCUT2D eigenvalue weighted by molar-refractivity contribution is 7.83. The van der Waals surface area contributed by atoms with Crippen molar-refractivity contribution >= 4 is 27.3 Å². The lowest BCUT2D eigenvalue weighted by Crippen LogP contribution is -2.42. The topological polar surface area (TPSA) is 143 Å². The molecule has 3 atom stereocenters. The van der Waals surface area contributed by atoms with Gasteiger partial charge in [0.2, 0.25) is 0 Å². The molecule has 4 rings (SSSR count). The van der Waals surface area contributed by atoms with Crippen molar-refractivity contribution in [1.29, 1.82) is 0 Å². The van der Waals surface area contributed by atoms with Crippen LogP contribution in [0.4, 0.5) is 5.82 Å². The molecule has 0 spiro atoms. The van der Waals surface area contributed by atoms with Gasteiger partial charge in [-0.1, -0.05) is 30.3 Å². The van der Waals surface area contributed by atoms with Crippen LogP contribution in [0.1, 0.15) is 18.2 Å². The van der Waals surface area contributed by atoms with Crippen LogP contribution in [0.2, 0.25) is 0 Å². The second-order valence-electron chi connectivity index (χ2n) is 6.66. The number of anilines is 1. The maximum Gasteiger partial charge on any atom is 0.337 e. The summed E-state index contributed by atoms with van der Waals surface area (Å²) in [5.74, 6) is 0.544. The smallest absolute Gasteiger partial charge is 0.337 e. The van der Waals surface area contributed by atoms with Crippen molar-refractivity contribution in [2.75, 3.05) is 12.4 Å². The molecule has 0 saturated carbocycles. The molecule has 12 heteroatoms. The first-order chi connectivity index (χ1) is 13.8. The third-order valence-corrected chi connectivity index (χ3v) is 5.70. The average molecular weight is 420 g/mol. The maximum atomic E-state index is 11.3. The van der Waals surface area contributed by atoms with Crippen molar-refractivity contribution in [3.05, 3.63) is 48.5 Å². The molecule has 2 aromatic heterocycles. The Morgan fingerprint density at radius 3 is 2.76 bits per heavy atom. The van der Waals surface area contributed by atoms with Gasteiger partial charge in [0.05, 0.1) is 12.4 Å². The zero-order valence-corrected chi connectivity index (χ0v) is 16.3. The minimum atomic E-state index is -4.51. The van der Waals surface area contributed by atoms with Crippen molar-refractivity contribution in [2.45, 2.75) is 31.5 Å². The van der Waals surface area contributed by atoms with Gasteiger partial charge in [-0.25, -0.2) is 15.0 Å². The summed E-state index contributed by atoms with van der Waals surface area (Å²) in [6.45, 7) is 0.555. The molecule has 3 aromatic rings. The zero-order valence-electron chi connectivity index (χ0n) is 15.5. The highest BCUT2D eigenvalue weighted by Crippen LogP contribution is 2.33. The van der Waals surface area contributed by atoms with E-state index in [2.05, 4.69) is 20.3 Å². The molecule has 0 unspecified atom stereocenters. The number of nitrogens with zero attached hydrogens (tertiary/aromatic N) is 5. The molecule has 3 heterocycles. The Bertz CT molecular complexity index is 1110. The molecule has 1 aliphatic heterocycles. The first-order valence-electron chi connectivity index (χ1n) is 8.84. The Morgan fingerprint density at radius 1 is 1.28 bits per heavy atom. The number of hydrogen-bond acceptors (Lipinski definition) is 8. The van der Waals surface area contributed by atoms with Crippen LogP contribution in [0, 0.1) is 0 Å². The maximum absolute atomic E-state index is 11.3. The van der Waals surface area contributed by atoms with E-state index in [0.717, 1.165) is 12.6 Å². The number of aromatic nitrogens is 4. The molecule has 1 aromatic carbocycles. The lowest BCUT2D eigenvalue weighted by molar-refractivity contribution is -0.0686. The number of aliphatic hydroxyl groups is 1. The van der Waals surface area contributed by atoms with Gasteiger partial charge in [-0.2, -0.15) is 12.7 Å². The van der Waals surface area contributed by atoms with E-state index in [0.29, 0.717) is 27.8 Å². The quantitative estimate of drug-likeness (QED) is 0.493. The molecule has 3 N–H and O–H groups in total. The first-order valence-corrected chi connectivity index (χ1v) is 10.2. The van der Waals surface area contributed by atoms with E-state index in [1.54, 1.807) is 4.57 Å². The van der Waals surface area contributed by atoms with Crippen molar-refractivity contribution in [3.8, 4) is 0 Å². The molecular formula is C17H20N6O5S. The largest absolute Gasteiger partial charge is 0.389 e. The number of likely N-dealkylation sites (N-methyl/N-ethyl adjacent to an activating group) is 1. The Morgan fingerprint density at radius 2 is 2.03 bits per heavy atom. The van der Waals surface area contributed by atoms with E-state index >= 15 is 0 Å². The number of aliphatic hydroxyl groups excluding tert-OH is 1. The van der Waals surface area contributed by atoms with Crippen molar-refractivity contribution < 1.29 is 22.8 Å². The number of benzene rings is 1. The van der Waals surface area contributed by atoms with Crippen molar-refractivity contribution in [1.82, 2.24) is 23.8 Å². The molecule has 29 heavy (non-hydrogen) atoms. The van der Waals surface area contributed by atoms with E-state index in [1.807, 2.05) is 30.3 Å². The second kappa shape index (κ2) is 7.65. The molecule has 11 nitrogen and oxygen atoms in total. The van der Waals surface area contributed by atoms with Crippen LogP contribution in [-0.4, -0.2) is 61.3 Å². The fraction of sp³-hybridized carbons (Fsp3) is 0.353. The van der Waals surface area contributed by atoms with Gasteiger partial charge in [0.1, 0.15) is 12.6 Å². The standard InChI is InChI=1S/C17H20N6O5S/c1-22(29(25,26)27)17-12(24)7-13(28-17)23-10-21-14-15(19-9-20-16(14)23)18-8-11-5-3-2-4-6-11/h2-6,9-10,12-13,17,24H,7-8H2,1H3,(H,18,19,20)(H,25,26,27)/t12-,13+,17-/m0/s1. The van der Waals surface area contributed by atoms with Gasteiger partial charge in [-0.15, -0.1) is 0 Å². The number of hydrogen-bond donors (Lipinski definition) is 3. The van der Waals surface area contributed by atoms with Crippen LogP contribution in [-0.2, 0) is 21.6 Å². The molecular weight excluding hydrogens is 400 g/mol. The average Bonchev–Trinajstić information content (AvgIpc) is 3.29. The summed E-state index contributed by atoms with van der Waals surface area (Å²) >= 11 is 0. The summed E-state index contributed by atoms with van der Waals surface area (Å²) in [5, 5.41) is 13.4. The van der Waals surface area contributed by atoms with E-state index in [9.17, 15) is 18.1 Å².